The number of benzene rings is 1. The molecule has 2 fully saturated rings. The van der Waals surface area contributed by atoms with Gasteiger partial charge in [-0.3, -0.25) is 14.7 Å². The highest BCUT2D eigenvalue weighted by molar-refractivity contribution is 14.0. The molecule has 3 rings (SSSR count). The van der Waals surface area contributed by atoms with Crippen LogP contribution in [0.4, 0.5) is 19.3 Å². The molecule has 3 amide bonds. The summed E-state index contributed by atoms with van der Waals surface area (Å²) < 4.78 is 27.1. The first kappa shape index (κ1) is 23.1. The van der Waals surface area contributed by atoms with Crippen molar-refractivity contribution in [2.24, 2.45) is 4.99 Å². The van der Waals surface area contributed by atoms with E-state index in [1.165, 1.54) is 12.1 Å². The zero-order chi connectivity index (χ0) is 20.1. The highest BCUT2D eigenvalue weighted by atomic mass is 127. The van der Waals surface area contributed by atoms with Crippen molar-refractivity contribution in [3.05, 3.63) is 29.8 Å². The molecule has 0 aromatic heterocycles. The molecule has 1 unspecified atom stereocenters. The highest BCUT2D eigenvalue weighted by Crippen LogP contribution is 2.24. The monoisotopic (exact) mass is 522 g/mol. The van der Waals surface area contributed by atoms with Gasteiger partial charge in [0.05, 0.1) is 25.3 Å². The molecule has 0 radical (unpaired) electrons. The number of carbonyl (C=O) groups is 2. The smallest absolute Gasteiger partial charge is 0.324 e. The molecule has 0 bridgehead atoms. The third-order valence-corrected chi connectivity index (χ3v) is 4.65. The minimum Gasteiger partial charge on any atom is -0.367 e. The van der Waals surface area contributed by atoms with Crippen molar-refractivity contribution in [2.75, 3.05) is 44.2 Å². The number of amides is 3. The minimum absolute atomic E-state index is 0. The first-order chi connectivity index (χ1) is 13.5. The summed E-state index contributed by atoms with van der Waals surface area (Å²) in [6.07, 6.45) is 0.772. The Bertz CT molecular complexity index is 763. The number of hydrogen-bond donors (Lipinski definition) is 3. The van der Waals surface area contributed by atoms with E-state index in [1.807, 2.05) is 11.8 Å². The van der Waals surface area contributed by atoms with Crippen molar-refractivity contribution in [3.8, 4) is 0 Å². The van der Waals surface area contributed by atoms with Gasteiger partial charge in [-0.1, -0.05) is 0 Å². The normalized spacial score (nSPS) is 19.3. The predicted octanol–water partition coefficient (Wildman–Crippen LogP) is 1.27. The molecule has 1 aromatic rings. The van der Waals surface area contributed by atoms with E-state index in [0.717, 1.165) is 17.4 Å². The Morgan fingerprint density at radius 2 is 2.14 bits per heavy atom. The maximum atomic E-state index is 14.0. The lowest BCUT2D eigenvalue weighted by atomic mass is 10.2. The fourth-order valence-electron chi connectivity index (χ4n) is 3.29. The van der Waals surface area contributed by atoms with Crippen molar-refractivity contribution >= 4 is 47.6 Å². The molecule has 8 nitrogen and oxygen atoms in total. The summed E-state index contributed by atoms with van der Waals surface area (Å²) in [5.41, 5.74) is 0.381. The van der Waals surface area contributed by atoms with E-state index in [-0.39, 0.29) is 55.6 Å². The Hall–Kier alpha value is -2.18. The Morgan fingerprint density at radius 3 is 2.79 bits per heavy atom. The van der Waals surface area contributed by atoms with Gasteiger partial charge in [-0.25, -0.2) is 13.6 Å². The van der Waals surface area contributed by atoms with Gasteiger partial charge < -0.3 is 20.9 Å². The molecule has 1 atom stereocenters. The van der Waals surface area contributed by atoms with Gasteiger partial charge in [0.1, 0.15) is 11.6 Å². The third kappa shape index (κ3) is 5.90. The van der Waals surface area contributed by atoms with Crippen LogP contribution in [-0.2, 0) is 4.79 Å². The molecule has 2 heterocycles. The van der Waals surface area contributed by atoms with Crippen LogP contribution in [0.25, 0.3) is 0 Å². The van der Waals surface area contributed by atoms with Crippen LogP contribution in [0.15, 0.2) is 23.2 Å². The Kier molecular flexibility index (Phi) is 8.41. The molecular weight excluding hydrogens is 497 g/mol. The van der Waals surface area contributed by atoms with Crippen LogP contribution in [0.3, 0.4) is 0 Å². The summed E-state index contributed by atoms with van der Waals surface area (Å²) in [7, 11) is 0. The molecule has 3 N–H and O–H groups in total. The van der Waals surface area contributed by atoms with Crippen LogP contribution in [0.5, 0.6) is 0 Å². The van der Waals surface area contributed by atoms with Gasteiger partial charge in [0.25, 0.3) is 0 Å². The van der Waals surface area contributed by atoms with Crippen molar-refractivity contribution in [1.82, 2.24) is 20.9 Å². The maximum absolute atomic E-state index is 14.0. The number of rotatable bonds is 6. The second kappa shape index (κ2) is 10.6. The van der Waals surface area contributed by atoms with Crippen LogP contribution in [0.2, 0.25) is 0 Å². The second-order valence-corrected chi connectivity index (χ2v) is 6.64. The van der Waals surface area contributed by atoms with E-state index in [0.29, 0.717) is 31.3 Å². The summed E-state index contributed by atoms with van der Waals surface area (Å²) >= 11 is 0. The summed E-state index contributed by atoms with van der Waals surface area (Å²) in [5, 5.41) is 8.88. The van der Waals surface area contributed by atoms with E-state index in [2.05, 4.69) is 20.9 Å². The number of nitrogens with one attached hydrogen (secondary N) is 3. The lowest BCUT2D eigenvalue weighted by molar-refractivity contribution is -0.124. The molecule has 1 aromatic carbocycles. The van der Waals surface area contributed by atoms with E-state index in [9.17, 15) is 18.4 Å². The summed E-state index contributed by atoms with van der Waals surface area (Å²) in [5.74, 6) is -0.858. The maximum Gasteiger partial charge on any atom is 0.324 e. The lowest BCUT2D eigenvalue weighted by Crippen LogP contribution is -2.45. The Labute approximate surface area is 185 Å². The first-order valence-corrected chi connectivity index (χ1v) is 9.31. The van der Waals surface area contributed by atoms with Gasteiger partial charge in [-0.15, -0.1) is 24.0 Å². The third-order valence-electron chi connectivity index (χ3n) is 4.65. The predicted molar refractivity (Wildman–Crippen MR) is 117 cm³/mol. The van der Waals surface area contributed by atoms with E-state index in [4.69, 9.17) is 0 Å². The van der Waals surface area contributed by atoms with E-state index >= 15 is 0 Å². The Morgan fingerprint density at radius 1 is 1.34 bits per heavy atom. The van der Waals surface area contributed by atoms with Gasteiger partial charge in [0.15, 0.2) is 5.96 Å². The van der Waals surface area contributed by atoms with E-state index < -0.39 is 17.7 Å². The average molecular weight is 522 g/mol. The van der Waals surface area contributed by atoms with Crippen molar-refractivity contribution in [3.63, 3.8) is 0 Å². The molecule has 29 heavy (non-hydrogen) atoms. The molecule has 2 aliphatic rings. The number of imide groups is 1. The number of guanidine groups is 1. The summed E-state index contributed by atoms with van der Waals surface area (Å²) in [6, 6.07) is 3.23. The van der Waals surface area contributed by atoms with Crippen LogP contribution in [0.1, 0.15) is 13.3 Å². The van der Waals surface area contributed by atoms with Gasteiger partial charge in [-0.2, -0.15) is 0 Å². The van der Waals surface area contributed by atoms with Crippen molar-refractivity contribution < 1.29 is 18.4 Å². The highest BCUT2D eigenvalue weighted by Gasteiger charge is 2.28. The number of aliphatic imine (C=N–C) groups is 1. The van der Waals surface area contributed by atoms with Crippen LogP contribution in [0, 0.1) is 11.6 Å². The molecule has 2 saturated heterocycles. The zero-order valence-electron chi connectivity index (χ0n) is 16.1. The van der Waals surface area contributed by atoms with Gasteiger partial charge in [0, 0.05) is 31.7 Å². The number of hydrogen-bond acceptors (Lipinski definition) is 4. The van der Waals surface area contributed by atoms with Crippen LogP contribution < -0.4 is 20.9 Å². The fraction of sp³-hybridized carbons (Fsp3) is 0.500. The largest absolute Gasteiger partial charge is 0.367 e. The summed E-state index contributed by atoms with van der Waals surface area (Å²) in [4.78, 5) is 30.5. The lowest BCUT2D eigenvalue weighted by Gasteiger charge is -2.21. The quantitative estimate of drug-likeness (QED) is 0.227. The topological polar surface area (TPSA) is 89.1 Å². The van der Waals surface area contributed by atoms with Crippen molar-refractivity contribution in [1.29, 1.82) is 0 Å². The van der Waals surface area contributed by atoms with Gasteiger partial charge in [0.2, 0.25) is 5.91 Å². The molecule has 0 aliphatic carbocycles. The molecular formula is C18H25F2IN6O2. The average Bonchev–Trinajstić information content (AvgIpc) is 3.23. The molecule has 0 saturated carbocycles. The van der Waals surface area contributed by atoms with Crippen LogP contribution >= 0.6 is 24.0 Å². The molecule has 160 valence electrons. The number of anilines is 1. The van der Waals surface area contributed by atoms with Gasteiger partial charge >= 0.3 is 6.03 Å². The summed E-state index contributed by atoms with van der Waals surface area (Å²) in [6.45, 7) is 4.29. The van der Waals surface area contributed by atoms with E-state index in [1.54, 1.807) is 0 Å². The molecule has 0 spiro atoms. The van der Waals surface area contributed by atoms with Crippen LogP contribution in [-0.4, -0.2) is 68.1 Å². The standard InChI is InChI=1S/C18H24F2N6O2.HI/c1-2-21-17(22-6-8-26-16(27)10-23-18(26)28)24-13-5-7-25(11-13)15-4-3-12(19)9-14(15)20;/h3-4,9,13H,2,5-8,10-11H2,1H3,(H,23,28)(H2,21,22,24);1H. The number of halogens is 3. The van der Waals surface area contributed by atoms with Gasteiger partial charge in [-0.05, 0) is 25.5 Å². The first-order valence-electron chi connectivity index (χ1n) is 9.31. The fourth-order valence-corrected chi connectivity index (χ4v) is 3.29. The number of nitrogens with zero attached hydrogens (tertiary/aromatic N) is 3. The Balaban J connectivity index is 0.00000300. The second-order valence-electron chi connectivity index (χ2n) is 6.64. The molecule has 11 heteroatoms. The minimum atomic E-state index is -0.596. The number of carbonyl (C=O) groups excluding carboxylic acids is 2. The molecule has 2 aliphatic heterocycles. The zero-order valence-corrected chi connectivity index (χ0v) is 18.4. The number of urea groups is 1. The van der Waals surface area contributed by atoms with Crippen molar-refractivity contribution in [2.45, 2.75) is 19.4 Å². The SMILES string of the molecule is CCNC(=NCCN1C(=O)CNC1=O)NC1CCN(c2ccc(F)cc2F)C1.I.